The molecule has 174 valence electrons. The number of carbonyl (C=O) groups excluding carboxylic acids is 1. The molecule has 0 bridgehead atoms. The van der Waals surface area contributed by atoms with Crippen molar-refractivity contribution in [2.45, 2.75) is 19.8 Å². The lowest BCUT2D eigenvalue weighted by Crippen LogP contribution is -2.10. The molecule has 36 heavy (non-hydrogen) atoms. The van der Waals surface area contributed by atoms with Crippen LogP contribution in [0.3, 0.4) is 0 Å². The number of aryl methyl sites for hydroxylation is 3. The Bertz CT molecular complexity index is 1570. The van der Waals surface area contributed by atoms with E-state index < -0.39 is 0 Å². The van der Waals surface area contributed by atoms with Crippen molar-refractivity contribution in [3.05, 3.63) is 137 Å². The lowest BCUT2D eigenvalue weighted by Gasteiger charge is -2.27. The van der Waals surface area contributed by atoms with Gasteiger partial charge in [-0.3, -0.25) is 4.79 Å². The van der Waals surface area contributed by atoms with E-state index in [1.807, 2.05) is 24.3 Å². The molecule has 5 aromatic rings. The van der Waals surface area contributed by atoms with Gasteiger partial charge in [0.15, 0.2) is 0 Å². The zero-order valence-corrected chi connectivity index (χ0v) is 20.3. The average Bonchev–Trinajstić information content (AvgIpc) is 3.35. The number of benzene rings is 5. The van der Waals surface area contributed by atoms with E-state index in [1.54, 1.807) is 0 Å². The third-order valence-electron chi connectivity index (χ3n) is 7.08. The zero-order chi connectivity index (χ0) is 24.5. The molecule has 0 unspecified atom stereocenters. The SMILES string of the molecule is Cc1ccc(/C=C/c2ccc(N(c3ccc(C=O)cc3)c3ccc4c5c(cccc35)CC4)cc2)cc1. The van der Waals surface area contributed by atoms with E-state index in [4.69, 9.17) is 0 Å². The lowest BCUT2D eigenvalue weighted by molar-refractivity contribution is 0.112. The molecule has 6 rings (SSSR count). The highest BCUT2D eigenvalue weighted by molar-refractivity contribution is 6.03. The Labute approximate surface area is 212 Å². The summed E-state index contributed by atoms with van der Waals surface area (Å²) in [6.45, 7) is 2.10. The molecule has 5 aromatic carbocycles. The van der Waals surface area contributed by atoms with Crippen LogP contribution >= 0.6 is 0 Å². The first-order valence-corrected chi connectivity index (χ1v) is 12.4. The molecule has 1 aliphatic rings. The molecule has 2 heteroatoms. The molecule has 0 heterocycles. The monoisotopic (exact) mass is 465 g/mol. The predicted molar refractivity (Wildman–Crippen MR) is 152 cm³/mol. The summed E-state index contributed by atoms with van der Waals surface area (Å²) in [6, 6.07) is 36.2. The third-order valence-corrected chi connectivity index (χ3v) is 7.08. The highest BCUT2D eigenvalue weighted by Crippen LogP contribution is 2.42. The Morgan fingerprint density at radius 3 is 1.78 bits per heavy atom. The van der Waals surface area contributed by atoms with Gasteiger partial charge in [0.1, 0.15) is 6.29 Å². The number of nitrogens with zero attached hydrogens (tertiary/aromatic N) is 1. The fourth-order valence-electron chi connectivity index (χ4n) is 5.16. The van der Waals surface area contributed by atoms with Gasteiger partial charge >= 0.3 is 0 Å². The minimum Gasteiger partial charge on any atom is -0.310 e. The second-order valence-corrected chi connectivity index (χ2v) is 9.46. The molecular weight excluding hydrogens is 438 g/mol. The Balaban J connectivity index is 1.42. The number of hydrogen-bond acceptors (Lipinski definition) is 2. The van der Waals surface area contributed by atoms with E-state index in [2.05, 4.69) is 103 Å². The van der Waals surface area contributed by atoms with Gasteiger partial charge < -0.3 is 4.90 Å². The summed E-state index contributed by atoms with van der Waals surface area (Å²) >= 11 is 0. The third kappa shape index (κ3) is 4.12. The second kappa shape index (κ2) is 9.31. The topological polar surface area (TPSA) is 20.3 Å². The molecule has 2 nitrogen and oxygen atoms in total. The highest BCUT2D eigenvalue weighted by Gasteiger charge is 2.20. The summed E-state index contributed by atoms with van der Waals surface area (Å²) < 4.78 is 0. The molecule has 0 saturated carbocycles. The van der Waals surface area contributed by atoms with E-state index in [0.29, 0.717) is 5.56 Å². The van der Waals surface area contributed by atoms with E-state index >= 15 is 0 Å². The summed E-state index contributed by atoms with van der Waals surface area (Å²) in [5.74, 6) is 0. The van der Waals surface area contributed by atoms with Crippen LogP contribution in [0, 0.1) is 6.92 Å². The highest BCUT2D eigenvalue weighted by atomic mass is 16.1. The number of carbonyl (C=O) groups is 1. The summed E-state index contributed by atoms with van der Waals surface area (Å²) in [4.78, 5) is 13.6. The first kappa shape index (κ1) is 22.1. The van der Waals surface area contributed by atoms with E-state index in [1.165, 1.54) is 33.0 Å². The van der Waals surface area contributed by atoms with Gasteiger partial charge in [-0.2, -0.15) is 0 Å². The van der Waals surface area contributed by atoms with Crippen LogP contribution < -0.4 is 4.90 Å². The van der Waals surface area contributed by atoms with Crippen LogP contribution in [-0.4, -0.2) is 6.29 Å². The largest absolute Gasteiger partial charge is 0.310 e. The van der Waals surface area contributed by atoms with Gasteiger partial charge in [-0.1, -0.05) is 78.4 Å². The fourth-order valence-corrected chi connectivity index (χ4v) is 5.16. The number of rotatable bonds is 6. The van der Waals surface area contributed by atoms with Crippen LogP contribution in [0.25, 0.3) is 22.9 Å². The molecule has 0 spiro atoms. The molecule has 1 aliphatic carbocycles. The minimum atomic E-state index is 0.677. The Hall–Kier alpha value is -4.43. The van der Waals surface area contributed by atoms with Crippen LogP contribution in [0.15, 0.2) is 103 Å². The van der Waals surface area contributed by atoms with Crippen molar-refractivity contribution in [1.82, 2.24) is 0 Å². The minimum absolute atomic E-state index is 0.677. The molecule has 0 aromatic heterocycles. The van der Waals surface area contributed by atoms with Gasteiger partial charge in [-0.25, -0.2) is 0 Å². The second-order valence-electron chi connectivity index (χ2n) is 9.46. The maximum atomic E-state index is 11.3. The van der Waals surface area contributed by atoms with Gasteiger partial charge in [0, 0.05) is 22.3 Å². The lowest BCUT2D eigenvalue weighted by atomic mass is 10.0. The van der Waals surface area contributed by atoms with Gasteiger partial charge in [-0.15, -0.1) is 0 Å². The molecule has 0 amide bonds. The van der Waals surface area contributed by atoms with E-state index in [-0.39, 0.29) is 0 Å². The number of aldehydes is 1. The Morgan fingerprint density at radius 1 is 0.611 bits per heavy atom. The Kier molecular flexibility index (Phi) is 5.71. The molecule has 0 fully saturated rings. The van der Waals surface area contributed by atoms with Gasteiger partial charge in [-0.05, 0) is 89.9 Å². The quantitative estimate of drug-likeness (QED) is 0.185. The first-order chi connectivity index (χ1) is 17.7. The maximum Gasteiger partial charge on any atom is 0.150 e. The normalized spacial score (nSPS) is 12.4. The zero-order valence-electron chi connectivity index (χ0n) is 20.3. The molecule has 0 saturated heterocycles. The Morgan fingerprint density at radius 2 is 1.17 bits per heavy atom. The number of hydrogen-bond donors (Lipinski definition) is 0. The van der Waals surface area contributed by atoms with Crippen molar-refractivity contribution >= 4 is 46.3 Å². The van der Waals surface area contributed by atoms with Crippen molar-refractivity contribution in [1.29, 1.82) is 0 Å². The summed E-state index contributed by atoms with van der Waals surface area (Å²) in [6.07, 6.45) is 7.39. The standard InChI is InChI=1S/C34H27NO/c1-24-5-7-25(8-6-24)9-10-26-11-18-30(19-12-26)35(31-20-13-27(23-36)14-21-31)33-22-17-29-16-15-28-3-2-4-32(33)34(28)29/h2-14,17-23H,15-16H2,1H3/b10-9+. The van der Waals surface area contributed by atoms with E-state index in [9.17, 15) is 4.79 Å². The average molecular weight is 466 g/mol. The van der Waals surface area contributed by atoms with Crippen LogP contribution in [0.4, 0.5) is 17.1 Å². The van der Waals surface area contributed by atoms with Gasteiger partial charge in [0.2, 0.25) is 0 Å². The van der Waals surface area contributed by atoms with Crippen molar-refractivity contribution in [3.63, 3.8) is 0 Å². The summed E-state index contributed by atoms with van der Waals surface area (Å²) in [7, 11) is 0. The molecule has 0 N–H and O–H groups in total. The molecule has 0 atom stereocenters. The molecular formula is C34H27NO. The summed E-state index contributed by atoms with van der Waals surface area (Å²) in [5.41, 5.74) is 10.4. The summed E-state index contributed by atoms with van der Waals surface area (Å²) in [5, 5.41) is 2.66. The van der Waals surface area contributed by atoms with Crippen molar-refractivity contribution in [2.24, 2.45) is 0 Å². The van der Waals surface area contributed by atoms with Crippen molar-refractivity contribution in [3.8, 4) is 0 Å². The molecule has 0 aliphatic heterocycles. The molecule has 0 radical (unpaired) electrons. The van der Waals surface area contributed by atoms with Crippen molar-refractivity contribution < 1.29 is 4.79 Å². The van der Waals surface area contributed by atoms with Crippen LogP contribution in [0.5, 0.6) is 0 Å². The maximum absolute atomic E-state index is 11.3. The van der Waals surface area contributed by atoms with E-state index in [0.717, 1.165) is 41.8 Å². The predicted octanol–water partition coefficient (Wildman–Crippen LogP) is 8.70. The van der Waals surface area contributed by atoms with Crippen LogP contribution in [-0.2, 0) is 12.8 Å². The van der Waals surface area contributed by atoms with Crippen LogP contribution in [0.2, 0.25) is 0 Å². The number of anilines is 3. The fraction of sp³-hybridized carbons (Fsp3) is 0.0882. The van der Waals surface area contributed by atoms with Gasteiger partial charge in [0.25, 0.3) is 0 Å². The van der Waals surface area contributed by atoms with Gasteiger partial charge in [0.05, 0.1) is 5.69 Å². The smallest absolute Gasteiger partial charge is 0.150 e. The van der Waals surface area contributed by atoms with Crippen molar-refractivity contribution in [2.75, 3.05) is 4.90 Å². The van der Waals surface area contributed by atoms with Crippen LogP contribution in [0.1, 0.15) is 38.2 Å². The first-order valence-electron chi connectivity index (χ1n) is 12.4.